The maximum absolute atomic E-state index is 13.0. The average molecular weight is 514 g/mol. The first kappa shape index (κ1) is 25.5. The van der Waals surface area contributed by atoms with Crippen LogP contribution in [0.3, 0.4) is 0 Å². The van der Waals surface area contributed by atoms with Gasteiger partial charge in [-0.1, -0.05) is 30.3 Å². The molecule has 0 unspecified atom stereocenters. The van der Waals surface area contributed by atoms with Gasteiger partial charge in [0.25, 0.3) is 5.91 Å². The number of hydrogen-bond donors (Lipinski definition) is 1. The molecule has 1 saturated heterocycles. The van der Waals surface area contributed by atoms with E-state index in [1.807, 2.05) is 25.1 Å². The molecule has 0 aliphatic carbocycles. The molecule has 37 heavy (non-hydrogen) atoms. The zero-order valence-corrected chi connectivity index (χ0v) is 21.0. The molecule has 9 heteroatoms. The van der Waals surface area contributed by atoms with Crippen molar-refractivity contribution in [1.82, 2.24) is 4.90 Å². The number of hydrogen-bond acceptors (Lipinski definition) is 7. The molecule has 1 fully saturated rings. The molecule has 0 aromatic heterocycles. The number of nitriles is 1. The number of aliphatic imine (C=N–C) groups is 1. The average Bonchev–Trinajstić information content (AvgIpc) is 3.21. The van der Waals surface area contributed by atoms with Crippen LogP contribution in [0.2, 0.25) is 0 Å². The smallest absolute Gasteiger partial charge is 0.335 e. The fourth-order valence-corrected chi connectivity index (χ4v) is 4.71. The highest BCUT2D eigenvalue weighted by atomic mass is 32.2. The largest absolute Gasteiger partial charge is 0.493 e. The second-order valence-corrected chi connectivity index (χ2v) is 8.89. The minimum Gasteiger partial charge on any atom is -0.493 e. The number of carbonyl (C=O) groups is 2. The second kappa shape index (κ2) is 11.5. The number of methoxy groups -OCH3 is 1. The number of carbonyl (C=O) groups excluding carboxylic acids is 1. The molecule has 0 spiro atoms. The Labute approximate surface area is 218 Å². The van der Waals surface area contributed by atoms with Gasteiger partial charge in [0, 0.05) is 12.1 Å². The summed E-state index contributed by atoms with van der Waals surface area (Å²) in [6.07, 6.45) is 1.75. The van der Waals surface area contributed by atoms with Crippen LogP contribution in [0.4, 0.5) is 5.69 Å². The first-order chi connectivity index (χ1) is 17.9. The van der Waals surface area contributed by atoms with Crippen LogP contribution in [0, 0.1) is 11.3 Å². The molecule has 3 aromatic rings. The van der Waals surface area contributed by atoms with E-state index >= 15 is 0 Å². The highest BCUT2D eigenvalue weighted by molar-refractivity contribution is 8.18. The second-order valence-electron chi connectivity index (χ2n) is 7.88. The number of rotatable bonds is 8. The van der Waals surface area contributed by atoms with E-state index in [2.05, 4.69) is 11.1 Å². The number of amides is 1. The van der Waals surface area contributed by atoms with E-state index in [9.17, 15) is 20.0 Å². The van der Waals surface area contributed by atoms with Crippen molar-refractivity contribution in [2.24, 2.45) is 4.99 Å². The highest BCUT2D eigenvalue weighted by Gasteiger charge is 2.32. The Bertz CT molecular complexity index is 1460. The summed E-state index contributed by atoms with van der Waals surface area (Å²) in [5, 5.41) is 19.0. The maximum Gasteiger partial charge on any atom is 0.335 e. The fourth-order valence-electron chi connectivity index (χ4n) is 3.64. The molecule has 4 rings (SSSR count). The summed E-state index contributed by atoms with van der Waals surface area (Å²) < 4.78 is 11.4. The molecule has 0 atom stereocenters. The summed E-state index contributed by atoms with van der Waals surface area (Å²) in [7, 11) is 1.53. The summed E-state index contributed by atoms with van der Waals surface area (Å²) in [6, 6.07) is 21.0. The topological polar surface area (TPSA) is 112 Å². The summed E-state index contributed by atoms with van der Waals surface area (Å²) in [5.74, 6) is -0.224. The van der Waals surface area contributed by atoms with Crippen LogP contribution in [0.25, 0.3) is 6.08 Å². The lowest BCUT2D eigenvalue weighted by Crippen LogP contribution is -2.28. The highest BCUT2D eigenvalue weighted by Crippen LogP contribution is 2.36. The summed E-state index contributed by atoms with van der Waals surface area (Å²) in [5.41, 5.74) is 2.64. The van der Waals surface area contributed by atoms with Crippen LogP contribution in [0.5, 0.6) is 11.5 Å². The van der Waals surface area contributed by atoms with E-state index in [-0.39, 0.29) is 18.1 Å². The third-order valence-corrected chi connectivity index (χ3v) is 6.54. The predicted octanol–water partition coefficient (Wildman–Crippen LogP) is 5.47. The van der Waals surface area contributed by atoms with Gasteiger partial charge in [0.1, 0.15) is 6.61 Å². The van der Waals surface area contributed by atoms with Crippen LogP contribution in [-0.2, 0) is 11.4 Å². The number of ether oxygens (including phenoxy) is 2. The van der Waals surface area contributed by atoms with Crippen molar-refractivity contribution in [3.05, 3.63) is 93.9 Å². The van der Waals surface area contributed by atoms with E-state index in [0.717, 1.165) is 11.1 Å². The zero-order valence-electron chi connectivity index (χ0n) is 20.2. The molecule has 0 bridgehead atoms. The van der Waals surface area contributed by atoms with Crippen molar-refractivity contribution in [3.8, 4) is 17.6 Å². The molecule has 1 aliphatic heterocycles. The van der Waals surface area contributed by atoms with Gasteiger partial charge in [-0.05, 0) is 66.7 Å². The minimum atomic E-state index is -1.04. The van der Waals surface area contributed by atoms with Gasteiger partial charge in [-0.15, -0.1) is 0 Å². The SMILES string of the molecule is CCN1C(=O)/C(=C\c2ccc(OCc3ccccc3C#N)c(OC)c2)SC1=Nc1cccc(C(=O)O)c1. The van der Waals surface area contributed by atoms with Crippen molar-refractivity contribution >= 4 is 40.6 Å². The number of carboxylic acid groups (broad SMARTS) is 1. The van der Waals surface area contributed by atoms with Gasteiger partial charge >= 0.3 is 5.97 Å². The Balaban J connectivity index is 1.56. The number of benzene rings is 3. The standard InChI is InChI=1S/C28H23N3O5S/c1-3-31-26(32)25(37-28(31)30-22-10-6-9-19(15-22)27(33)34)14-18-11-12-23(24(13-18)35-2)36-17-21-8-5-4-7-20(21)16-29/h4-15H,3,17H2,1-2H3,(H,33,34)/b25-14+,30-28?. The molecule has 3 aromatic carbocycles. The molecule has 0 saturated carbocycles. The number of likely N-dealkylation sites (N-methyl/N-ethyl adjacent to an activating group) is 1. The third-order valence-electron chi connectivity index (χ3n) is 5.53. The van der Waals surface area contributed by atoms with E-state index in [1.54, 1.807) is 47.4 Å². The third kappa shape index (κ3) is 5.82. The lowest BCUT2D eigenvalue weighted by atomic mass is 10.1. The van der Waals surface area contributed by atoms with Crippen molar-refractivity contribution in [2.45, 2.75) is 13.5 Å². The Morgan fingerprint density at radius 1 is 1.14 bits per heavy atom. The quantitative estimate of drug-likeness (QED) is 0.398. The molecule has 1 amide bonds. The van der Waals surface area contributed by atoms with Crippen LogP contribution < -0.4 is 9.47 Å². The molecule has 186 valence electrons. The van der Waals surface area contributed by atoms with Crippen LogP contribution in [-0.4, -0.2) is 40.7 Å². The molecule has 0 radical (unpaired) electrons. The molecular formula is C28H23N3O5S. The van der Waals surface area contributed by atoms with Gasteiger partial charge in [-0.2, -0.15) is 5.26 Å². The van der Waals surface area contributed by atoms with Gasteiger partial charge in [-0.25, -0.2) is 9.79 Å². The molecule has 8 nitrogen and oxygen atoms in total. The van der Waals surface area contributed by atoms with Gasteiger partial charge in [0.05, 0.1) is 34.9 Å². The first-order valence-electron chi connectivity index (χ1n) is 11.4. The Hall–Kier alpha value is -4.55. The number of amidine groups is 1. The van der Waals surface area contributed by atoms with Crippen molar-refractivity contribution in [2.75, 3.05) is 13.7 Å². The number of thioether (sulfide) groups is 1. The lowest BCUT2D eigenvalue weighted by Gasteiger charge is -2.12. The summed E-state index contributed by atoms with van der Waals surface area (Å²) in [6.45, 7) is 2.48. The monoisotopic (exact) mass is 513 g/mol. The summed E-state index contributed by atoms with van der Waals surface area (Å²) >= 11 is 1.22. The van der Waals surface area contributed by atoms with Crippen molar-refractivity contribution in [3.63, 3.8) is 0 Å². The van der Waals surface area contributed by atoms with E-state index < -0.39 is 5.97 Å². The van der Waals surface area contributed by atoms with Crippen LogP contribution in [0.15, 0.2) is 76.6 Å². The first-order valence-corrected chi connectivity index (χ1v) is 12.2. The fraction of sp³-hybridized carbons (Fsp3) is 0.143. The molecule has 1 heterocycles. The number of aromatic carboxylic acids is 1. The molecule has 1 aliphatic rings. The van der Waals surface area contributed by atoms with Gasteiger partial charge in [0.15, 0.2) is 16.7 Å². The van der Waals surface area contributed by atoms with Crippen LogP contribution in [0.1, 0.15) is 34.0 Å². The van der Waals surface area contributed by atoms with E-state index in [1.165, 1.54) is 31.0 Å². The van der Waals surface area contributed by atoms with Gasteiger partial charge < -0.3 is 14.6 Å². The number of carboxylic acids is 1. The molecular weight excluding hydrogens is 490 g/mol. The zero-order chi connectivity index (χ0) is 26.4. The van der Waals surface area contributed by atoms with E-state index in [4.69, 9.17) is 9.47 Å². The number of nitrogens with zero attached hydrogens (tertiary/aromatic N) is 3. The van der Waals surface area contributed by atoms with Gasteiger partial charge in [-0.3, -0.25) is 9.69 Å². The van der Waals surface area contributed by atoms with Gasteiger partial charge in [0.2, 0.25) is 0 Å². The normalized spacial score (nSPS) is 15.2. The van der Waals surface area contributed by atoms with Crippen molar-refractivity contribution < 1.29 is 24.2 Å². The minimum absolute atomic E-state index is 0.125. The lowest BCUT2D eigenvalue weighted by molar-refractivity contribution is -0.122. The Kier molecular flexibility index (Phi) is 7.91. The summed E-state index contributed by atoms with van der Waals surface area (Å²) in [4.78, 5) is 30.9. The van der Waals surface area contributed by atoms with Crippen molar-refractivity contribution in [1.29, 1.82) is 5.26 Å². The molecule has 1 N–H and O–H groups in total. The maximum atomic E-state index is 13.0. The Morgan fingerprint density at radius 2 is 1.95 bits per heavy atom. The van der Waals surface area contributed by atoms with E-state index in [0.29, 0.717) is 39.4 Å². The Morgan fingerprint density at radius 3 is 2.68 bits per heavy atom. The van der Waals surface area contributed by atoms with Crippen LogP contribution >= 0.6 is 11.8 Å². The predicted molar refractivity (Wildman–Crippen MR) is 142 cm³/mol.